The van der Waals surface area contributed by atoms with Crippen LogP contribution in [0.15, 0.2) is 24.3 Å². The average Bonchev–Trinajstić information content (AvgIpc) is 3.14. The molecule has 7 heteroatoms. The number of hydrogen-bond donors (Lipinski definition) is 0. The van der Waals surface area contributed by atoms with Gasteiger partial charge in [0.05, 0.1) is 25.3 Å². The third-order valence-corrected chi connectivity index (χ3v) is 5.53. The maximum Gasteiger partial charge on any atom is 0.173 e. The Morgan fingerprint density at radius 1 is 1.04 bits per heavy atom. The fourth-order valence-corrected chi connectivity index (χ4v) is 4.10. The SMILES string of the molecule is Clc1ccc(C(c2nnnn2C2CCCCC2)N2CCOCC2)cc1. The molecule has 1 atom stereocenters. The Morgan fingerprint density at radius 3 is 2.48 bits per heavy atom. The van der Waals surface area contributed by atoms with Gasteiger partial charge in [0, 0.05) is 18.1 Å². The number of nitrogens with zero attached hydrogens (tertiary/aromatic N) is 5. The first-order valence-electron chi connectivity index (χ1n) is 9.18. The molecule has 0 radical (unpaired) electrons. The van der Waals surface area contributed by atoms with Gasteiger partial charge in [0.1, 0.15) is 0 Å². The molecule has 1 unspecified atom stereocenters. The highest BCUT2D eigenvalue weighted by Gasteiger charge is 2.31. The Morgan fingerprint density at radius 2 is 1.76 bits per heavy atom. The second kappa shape index (κ2) is 7.81. The van der Waals surface area contributed by atoms with E-state index in [4.69, 9.17) is 16.3 Å². The van der Waals surface area contributed by atoms with E-state index in [1.807, 2.05) is 12.1 Å². The number of halogens is 1. The third-order valence-electron chi connectivity index (χ3n) is 5.28. The van der Waals surface area contributed by atoms with E-state index in [9.17, 15) is 0 Å². The Hall–Kier alpha value is -1.50. The standard InChI is InChI=1S/C18H24ClN5O/c19-15-8-6-14(7-9-15)17(23-10-12-25-13-11-23)18-20-21-22-24(18)16-4-2-1-3-5-16/h6-9,16-17H,1-5,10-13H2. The Labute approximate surface area is 153 Å². The number of aromatic nitrogens is 4. The molecular formula is C18H24ClN5O. The zero-order valence-electron chi connectivity index (χ0n) is 14.4. The van der Waals surface area contributed by atoms with Crippen molar-refractivity contribution in [2.75, 3.05) is 26.3 Å². The van der Waals surface area contributed by atoms with Gasteiger partial charge in [0.15, 0.2) is 5.82 Å². The van der Waals surface area contributed by atoms with Crippen molar-refractivity contribution in [3.8, 4) is 0 Å². The minimum absolute atomic E-state index is 0.0399. The van der Waals surface area contributed by atoms with Crippen LogP contribution in [0.2, 0.25) is 5.02 Å². The fourth-order valence-electron chi connectivity index (χ4n) is 3.97. The second-order valence-corrected chi connectivity index (χ2v) is 7.31. The maximum atomic E-state index is 6.10. The second-order valence-electron chi connectivity index (χ2n) is 6.88. The molecule has 0 bridgehead atoms. The monoisotopic (exact) mass is 361 g/mol. The molecule has 2 fully saturated rings. The van der Waals surface area contributed by atoms with Gasteiger partial charge in [-0.2, -0.15) is 0 Å². The first-order valence-corrected chi connectivity index (χ1v) is 9.56. The molecule has 134 valence electrons. The van der Waals surface area contributed by atoms with Gasteiger partial charge in [-0.25, -0.2) is 4.68 Å². The summed E-state index contributed by atoms with van der Waals surface area (Å²) in [5.41, 5.74) is 1.18. The maximum absolute atomic E-state index is 6.10. The van der Waals surface area contributed by atoms with E-state index in [0.29, 0.717) is 6.04 Å². The largest absolute Gasteiger partial charge is 0.379 e. The van der Waals surface area contributed by atoms with Crippen molar-refractivity contribution in [1.82, 2.24) is 25.1 Å². The molecule has 0 amide bonds. The molecule has 1 saturated heterocycles. The molecule has 2 heterocycles. The first-order chi connectivity index (χ1) is 12.3. The van der Waals surface area contributed by atoms with Crippen LogP contribution in [0.1, 0.15) is 55.6 Å². The van der Waals surface area contributed by atoms with E-state index in [-0.39, 0.29) is 6.04 Å². The summed E-state index contributed by atoms with van der Waals surface area (Å²) in [5.74, 6) is 0.941. The lowest BCUT2D eigenvalue weighted by Crippen LogP contribution is -2.41. The quantitative estimate of drug-likeness (QED) is 0.836. The number of ether oxygens (including phenoxy) is 1. The number of tetrazole rings is 1. The summed E-state index contributed by atoms with van der Waals surface area (Å²) in [6.07, 6.45) is 6.15. The van der Waals surface area contributed by atoms with Crippen molar-refractivity contribution in [3.63, 3.8) is 0 Å². The molecule has 1 saturated carbocycles. The van der Waals surface area contributed by atoms with Crippen LogP contribution < -0.4 is 0 Å². The molecule has 0 spiro atoms. The summed E-state index contributed by atoms with van der Waals surface area (Å²) >= 11 is 6.10. The van der Waals surface area contributed by atoms with Gasteiger partial charge in [-0.15, -0.1) is 5.10 Å². The van der Waals surface area contributed by atoms with Crippen molar-refractivity contribution in [3.05, 3.63) is 40.7 Å². The summed E-state index contributed by atoms with van der Waals surface area (Å²) in [4.78, 5) is 2.41. The van der Waals surface area contributed by atoms with Gasteiger partial charge in [0.25, 0.3) is 0 Å². The Kier molecular flexibility index (Phi) is 5.29. The van der Waals surface area contributed by atoms with Crippen LogP contribution in [0.25, 0.3) is 0 Å². The molecule has 1 aliphatic carbocycles. The molecule has 4 rings (SSSR count). The van der Waals surface area contributed by atoms with Gasteiger partial charge >= 0.3 is 0 Å². The normalized spacial score (nSPS) is 21.3. The van der Waals surface area contributed by atoms with Gasteiger partial charge in [-0.3, -0.25) is 4.90 Å². The minimum Gasteiger partial charge on any atom is -0.379 e. The smallest absolute Gasteiger partial charge is 0.173 e. The van der Waals surface area contributed by atoms with Crippen molar-refractivity contribution >= 4 is 11.6 Å². The predicted molar refractivity (Wildman–Crippen MR) is 95.6 cm³/mol. The highest BCUT2D eigenvalue weighted by atomic mass is 35.5. The zero-order valence-corrected chi connectivity index (χ0v) is 15.1. The number of rotatable bonds is 4. The van der Waals surface area contributed by atoms with Crippen LogP contribution >= 0.6 is 11.6 Å². The topological polar surface area (TPSA) is 56.1 Å². The minimum atomic E-state index is 0.0399. The molecule has 0 N–H and O–H groups in total. The van der Waals surface area contributed by atoms with Crippen LogP contribution in [0.5, 0.6) is 0 Å². The number of benzene rings is 1. The Balaban J connectivity index is 1.70. The van der Waals surface area contributed by atoms with Gasteiger partial charge < -0.3 is 4.74 Å². The van der Waals surface area contributed by atoms with Crippen LogP contribution in [0.3, 0.4) is 0 Å². The van der Waals surface area contributed by atoms with E-state index in [2.05, 4.69) is 37.2 Å². The van der Waals surface area contributed by atoms with E-state index in [0.717, 1.165) is 50.0 Å². The summed E-state index contributed by atoms with van der Waals surface area (Å²) in [7, 11) is 0. The van der Waals surface area contributed by atoms with Gasteiger partial charge in [0.2, 0.25) is 0 Å². The summed E-state index contributed by atoms with van der Waals surface area (Å²) in [6.45, 7) is 3.25. The molecule has 1 aliphatic heterocycles. The van der Waals surface area contributed by atoms with Crippen LogP contribution in [0.4, 0.5) is 0 Å². The predicted octanol–water partition coefficient (Wildman–Crippen LogP) is 3.25. The number of hydrogen-bond acceptors (Lipinski definition) is 5. The van der Waals surface area contributed by atoms with E-state index < -0.39 is 0 Å². The summed E-state index contributed by atoms with van der Waals surface area (Å²) < 4.78 is 7.62. The van der Waals surface area contributed by atoms with E-state index in [1.165, 1.54) is 24.8 Å². The lowest BCUT2D eigenvalue weighted by atomic mass is 9.95. The summed E-state index contributed by atoms with van der Waals surface area (Å²) in [5, 5.41) is 13.6. The molecular weight excluding hydrogens is 338 g/mol. The molecule has 2 aliphatic rings. The highest BCUT2D eigenvalue weighted by Crippen LogP contribution is 2.33. The van der Waals surface area contributed by atoms with Crippen LogP contribution in [-0.4, -0.2) is 51.4 Å². The zero-order chi connectivity index (χ0) is 17.1. The molecule has 25 heavy (non-hydrogen) atoms. The highest BCUT2D eigenvalue weighted by molar-refractivity contribution is 6.30. The molecule has 1 aromatic carbocycles. The van der Waals surface area contributed by atoms with Gasteiger partial charge in [-0.05, 0) is 41.0 Å². The molecule has 2 aromatic rings. The average molecular weight is 362 g/mol. The van der Waals surface area contributed by atoms with Crippen molar-refractivity contribution < 1.29 is 4.74 Å². The van der Waals surface area contributed by atoms with Crippen molar-refractivity contribution in [2.24, 2.45) is 0 Å². The fraction of sp³-hybridized carbons (Fsp3) is 0.611. The Bertz CT molecular complexity index is 677. The lowest BCUT2D eigenvalue weighted by Gasteiger charge is -2.35. The van der Waals surface area contributed by atoms with Crippen molar-refractivity contribution in [1.29, 1.82) is 0 Å². The van der Waals surface area contributed by atoms with Crippen LogP contribution in [-0.2, 0) is 4.74 Å². The van der Waals surface area contributed by atoms with E-state index in [1.54, 1.807) is 0 Å². The third kappa shape index (κ3) is 3.71. The summed E-state index contributed by atoms with van der Waals surface area (Å²) in [6, 6.07) is 8.51. The number of morpholine rings is 1. The van der Waals surface area contributed by atoms with Crippen LogP contribution in [0, 0.1) is 0 Å². The van der Waals surface area contributed by atoms with Gasteiger partial charge in [-0.1, -0.05) is 43.0 Å². The molecule has 1 aromatic heterocycles. The van der Waals surface area contributed by atoms with Crippen molar-refractivity contribution in [2.45, 2.75) is 44.2 Å². The molecule has 6 nitrogen and oxygen atoms in total. The first kappa shape index (κ1) is 16.9. The lowest BCUT2D eigenvalue weighted by molar-refractivity contribution is 0.0211. The van der Waals surface area contributed by atoms with E-state index >= 15 is 0 Å².